The fraction of sp³-hybridized carbons (Fsp3) is 0.400. The summed E-state index contributed by atoms with van der Waals surface area (Å²) in [7, 11) is 3.38. The summed E-state index contributed by atoms with van der Waals surface area (Å²) in [5.74, 6) is 5.90. The van der Waals surface area contributed by atoms with Gasteiger partial charge in [-0.25, -0.2) is 4.98 Å². The number of hydrogen-bond donors (Lipinski definition) is 3. The van der Waals surface area contributed by atoms with E-state index in [0.29, 0.717) is 69.3 Å². The van der Waals surface area contributed by atoms with Crippen LogP contribution in [0.15, 0.2) is 53.9 Å². The molecule has 0 atom stereocenters. The highest BCUT2D eigenvalue weighted by Gasteiger charge is 2.16. The second-order valence-corrected chi connectivity index (χ2v) is 14.4. The molecule has 6 aromatic rings. The first-order chi connectivity index (χ1) is 27.9. The Balaban J connectivity index is 0.000000159. The second kappa shape index (κ2) is 21.1. The normalized spacial score (nSPS) is 12.7. The van der Waals surface area contributed by atoms with Crippen LogP contribution in [0.4, 0.5) is 0 Å². The van der Waals surface area contributed by atoms with Gasteiger partial charge in [0.1, 0.15) is 37.9 Å². The number of nitrogens with zero attached hydrogens (tertiary/aromatic N) is 3. The Morgan fingerprint density at radius 2 is 1.18 bits per heavy atom. The number of rotatable bonds is 14. The lowest BCUT2D eigenvalue weighted by Crippen LogP contribution is -2.15. The molecule has 2 aliphatic heterocycles. The molecule has 3 N–H and O–H groups in total. The van der Waals surface area contributed by atoms with E-state index in [1.54, 1.807) is 38.4 Å². The highest BCUT2D eigenvalue weighted by Crippen LogP contribution is 2.36. The zero-order chi connectivity index (χ0) is 40.0. The summed E-state index contributed by atoms with van der Waals surface area (Å²) < 4.78 is 44.2. The molecular weight excluding hydrogens is 792 g/mol. The molecule has 14 nitrogen and oxygen atoms in total. The number of alkyl halides is 1. The number of aromatic amines is 3. The van der Waals surface area contributed by atoms with Gasteiger partial charge in [0.05, 0.1) is 52.5 Å². The van der Waals surface area contributed by atoms with Gasteiger partial charge >= 0.3 is 0 Å². The Morgan fingerprint density at radius 3 is 1.70 bits per heavy atom. The third-order valence-electron chi connectivity index (χ3n) is 8.79. The van der Waals surface area contributed by atoms with Crippen molar-refractivity contribution in [3.8, 4) is 34.5 Å². The number of aromatic nitrogens is 6. The number of fused-ring (bicyclic) bond motifs is 4. The molecule has 57 heavy (non-hydrogen) atoms. The van der Waals surface area contributed by atoms with Gasteiger partial charge in [-0.15, -0.1) is 11.6 Å². The van der Waals surface area contributed by atoms with Crippen LogP contribution in [0, 0.1) is 18.6 Å². The fourth-order valence-corrected chi connectivity index (χ4v) is 7.18. The number of methoxy groups -OCH3 is 2. The lowest BCUT2D eigenvalue weighted by Gasteiger charge is -2.17. The van der Waals surface area contributed by atoms with E-state index >= 15 is 0 Å². The van der Waals surface area contributed by atoms with Crippen LogP contribution < -0.4 is 28.4 Å². The molecule has 2 aliphatic rings. The average molecular weight is 839 g/mol. The molecular formula is C40H47ClN6O8S2. The van der Waals surface area contributed by atoms with E-state index in [2.05, 4.69) is 29.9 Å². The Morgan fingerprint density at radius 1 is 0.684 bits per heavy atom. The number of ether oxygens (including phenoxy) is 8. The number of hydrogen-bond acceptors (Lipinski definition) is 13. The SMILES string of the molecule is COCCCOc1ccnc(CCl)c1C.COCCCOc1ccnc(CSc2nc3cc4c(cc3[nH]2)OCCO4)c1C.S=c1[nH]c2cc3c(cc2[nH]1)OCCO3. The van der Waals surface area contributed by atoms with Crippen molar-refractivity contribution in [2.75, 3.05) is 67.1 Å². The molecule has 0 saturated carbocycles. The van der Waals surface area contributed by atoms with Crippen molar-refractivity contribution >= 4 is 57.6 Å². The van der Waals surface area contributed by atoms with E-state index in [9.17, 15) is 0 Å². The maximum Gasteiger partial charge on any atom is 0.175 e. The van der Waals surface area contributed by atoms with Crippen molar-refractivity contribution in [3.05, 3.63) is 76.1 Å². The summed E-state index contributed by atoms with van der Waals surface area (Å²) in [4.78, 5) is 22.7. The summed E-state index contributed by atoms with van der Waals surface area (Å²) in [5, 5.41) is 0.838. The predicted octanol–water partition coefficient (Wildman–Crippen LogP) is 8.29. The van der Waals surface area contributed by atoms with E-state index in [1.807, 2.05) is 50.2 Å². The van der Waals surface area contributed by atoms with Gasteiger partial charge in [-0.2, -0.15) is 0 Å². The number of imidazole rings is 2. The summed E-state index contributed by atoms with van der Waals surface area (Å²) in [6.07, 6.45) is 5.25. The molecule has 0 radical (unpaired) electrons. The van der Waals surface area contributed by atoms with Crippen molar-refractivity contribution in [1.29, 1.82) is 0 Å². The molecule has 4 aromatic heterocycles. The van der Waals surface area contributed by atoms with Crippen LogP contribution in [0.5, 0.6) is 34.5 Å². The third kappa shape index (κ3) is 11.4. The minimum Gasteiger partial charge on any atom is -0.493 e. The van der Waals surface area contributed by atoms with Gasteiger partial charge in [0.2, 0.25) is 0 Å². The first-order valence-corrected chi connectivity index (χ1v) is 20.4. The number of H-pyrrole nitrogens is 3. The lowest BCUT2D eigenvalue weighted by atomic mass is 10.2. The maximum absolute atomic E-state index is 5.86. The van der Waals surface area contributed by atoms with Gasteiger partial charge in [0, 0.05) is 93.8 Å². The Kier molecular flexibility index (Phi) is 15.5. The summed E-state index contributed by atoms with van der Waals surface area (Å²) in [6, 6.07) is 11.4. The number of nitrogens with one attached hydrogen (secondary N) is 3. The first kappa shape index (κ1) is 41.9. The molecule has 0 unspecified atom stereocenters. The minimum atomic E-state index is 0.418. The van der Waals surface area contributed by atoms with Crippen LogP contribution in [-0.4, -0.2) is 97.0 Å². The molecule has 6 heterocycles. The second-order valence-electron chi connectivity index (χ2n) is 12.7. The number of benzene rings is 2. The van der Waals surface area contributed by atoms with E-state index in [-0.39, 0.29) is 0 Å². The minimum absolute atomic E-state index is 0.418. The Hall–Kier alpha value is -4.74. The van der Waals surface area contributed by atoms with Crippen LogP contribution in [-0.2, 0) is 21.1 Å². The number of pyridine rings is 2. The van der Waals surface area contributed by atoms with E-state index in [0.717, 1.165) is 97.1 Å². The van der Waals surface area contributed by atoms with Gasteiger partial charge in [-0.3, -0.25) is 9.97 Å². The van der Waals surface area contributed by atoms with Crippen molar-refractivity contribution in [1.82, 2.24) is 29.9 Å². The fourth-order valence-electron chi connectivity index (χ4n) is 5.78. The smallest absolute Gasteiger partial charge is 0.175 e. The van der Waals surface area contributed by atoms with Gasteiger partial charge in [0.15, 0.2) is 32.9 Å². The first-order valence-electron chi connectivity index (χ1n) is 18.5. The summed E-state index contributed by atoms with van der Waals surface area (Å²) in [6.45, 7) is 9.04. The molecule has 304 valence electrons. The van der Waals surface area contributed by atoms with Crippen LogP contribution in [0.3, 0.4) is 0 Å². The van der Waals surface area contributed by atoms with Gasteiger partial charge < -0.3 is 52.8 Å². The van der Waals surface area contributed by atoms with Crippen LogP contribution in [0.25, 0.3) is 22.1 Å². The van der Waals surface area contributed by atoms with E-state index in [1.165, 1.54) is 0 Å². The molecule has 0 aliphatic carbocycles. The molecule has 0 spiro atoms. The number of halogens is 1. The summed E-state index contributed by atoms with van der Waals surface area (Å²) >= 11 is 12.4. The standard InChI is InChI=1S/C20H23N3O4S.C11H16ClNO2.C9H8N2O2S/c1-13-16(21-5-4-17(13)25-7-3-6-24-2)12-28-20-22-14-10-18-19(11-15(14)23-20)27-9-8-26-18;1-9-10(8-12)13-5-4-11(9)15-7-3-6-14-2;14-9-10-5-3-7-8(4-6(5)11-9)13-2-1-12-7/h4-5,10-11H,3,6-9,12H2,1-2H3,(H,22,23);4-5H,3,6-8H2,1-2H3;3-4H,1-2H2,(H2,10,11,14). The topological polar surface area (TPSA) is 160 Å². The van der Waals surface area contributed by atoms with E-state index < -0.39 is 0 Å². The Bertz CT molecular complexity index is 2190. The highest BCUT2D eigenvalue weighted by molar-refractivity contribution is 7.98. The highest BCUT2D eigenvalue weighted by atomic mass is 35.5. The molecule has 2 aromatic carbocycles. The molecule has 0 bridgehead atoms. The summed E-state index contributed by atoms with van der Waals surface area (Å²) in [5.41, 5.74) is 7.63. The lowest BCUT2D eigenvalue weighted by molar-refractivity contribution is 0.171. The average Bonchev–Trinajstić information content (AvgIpc) is 3.81. The zero-order valence-electron chi connectivity index (χ0n) is 32.4. The van der Waals surface area contributed by atoms with Gasteiger partial charge in [-0.1, -0.05) is 11.8 Å². The Labute approximate surface area is 345 Å². The van der Waals surface area contributed by atoms with Crippen molar-refractivity contribution in [3.63, 3.8) is 0 Å². The van der Waals surface area contributed by atoms with E-state index in [4.69, 9.17) is 61.7 Å². The predicted molar refractivity (Wildman–Crippen MR) is 223 cm³/mol. The number of thioether (sulfide) groups is 1. The van der Waals surface area contributed by atoms with Gasteiger partial charge in [-0.05, 0) is 38.2 Å². The van der Waals surface area contributed by atoms with Crippen LogP contribution >= 0.6 is 35.6 Å². The quantitative estimate of drug-likeness (QED) is 0.0417. The van der Waals surface area contributed by atoms with Crippen LogP contribution in [0.2, 0.25) is 0 Å². The molecule has 17 heteroatoms. The maximum atomic E-state index is 5.86. The molecule has 0 fully saturated rings. The molecule has 0 saturated heterocycles. The van der Waals surface area contributed by atoms with Crippen molar-refractivity contribution in [2.24, 2.45) is 0 Å². The van der Waals surface area contributed by atoms with Gasteiger partial charge in [0.25, 0.3) is 0 Å². The molecule has 0 amide bonds. The molecule has 8 rings (SSSR count). The third-order valence-corrected chi connectivity index (χ3v) is 10.1. The monoisotopic (exact) mass is 838 g/mol. The zero-order valence-corrected chi connectivity index (χ0v) is 34.8. The largest absolute Gasteiger partial charge is 0.493 e. The van der Waals surface area contributed by atoms with Crippen molar-refractivity contribution in [2.45, 2.75) is 43.5 Å². The van der Waals surface area contributed by atoms with Crippen molar-refractivity contribution < 1.29 is 37.9 Å². The van der Waals surface area contributed by atoms with Crippen LogP contribution in [0.1, 0.15) is 35.4 Å².